The van der Waals surface area contributed by atoms with Crippen molar-refractivity contribution in [2.75, 3.05) is 24.4 Å². The summed E-state index contributed by atoms with van der Waals surface area (Å²) in [6, 6.07) is 11.3. The Balaban J connectivity index is 1.90. The van der Waals surface area contributed by atoms with E-state index in [1.54, 1.807) is 36.4 Å². The quantitative estimate of drug-likeness (QED) is 0.345. The Hall–Kier alpha value is -4.12. The van der Waals surface area contributed by atoms with E-state index < -0.39 is 17.9 Å². The molecule has 3 aromatic rings. The number of amides is 3. The second-order valence-corrected chi connectivity index (χ2v) is 10.2. The van der Waals surface area contributed by atoms with Crippen LogP contribution in [0.3, 0.4) is 0 Å². The van der Waals surface area contributed by atoms with E-state index in [9.17, 15) is 14.4 Å². The highest BCUT2D eigenvalue weighted by atomic mass is 32.1. The molecule has 3 amide bonds. The molecule has 0 aliphatic heterocycles. The summed E-state index contributed by atoms with van der Waals surface area (Å²) in [6.45, 7) is 4.25. The summed E-state index contributed by atoms with van der Waals surface area (Å²) in [7, 11) is 1.49. The van der Waals surface area contributed by atoms with Gasteiger partial charge >= 0.3 is 0 Å². The number of benzene rings is 2. The van der Waals surface area contributed by atoms with Crippen LogP contribution >= 0.6 is 11.5 Å². The van der Waals surface area contributed by atoms with Crippen LogP contribution in [-0.4, -0.2) is 41.9 Å². The number of carbonyl (C=O) groups is 3. The van der Waals surface area contributed by atoms with Gasteiger partial charge < -0.3 is 26.3 Å². The highest BCUT2D eigenvalue weighted by Crippen LogP contribution is 2.39. The van der Waals surface area contributed by atoms with Crippen molar-refractivity contribution < 1.29 is 23.9 Å². The van der Waals surface area contributed by atoms with Crippen LogP contribution in [0.4, 0.5) is 11.4 Å². The molecule has 5 N–H and O–H groups in total. The van der Waals surface area contributed by atoms with E-state index in [0.29, 0.717) is 29.4 Å². The molecule has 1 aromatic heterocycles. The minimum absolute atomic E-state index is 0.00281. The van der Waals surface area contributed by atoms with E-state index in [1.165, 1.54) is 12.0 Å². The van der Waals surface area contributed by atoms with Crippen LogP contribution < -0.4 is 31.2 Å². The van der Waals surface area contributed by atoms with Crippen molar-refractivity contribution in [3.05, 3.63) is 64.2 Å². The number of methoxy groups -OCH3 is 1. The second-order valence-electron chi connectivity index (χ2n) is 9.38. The minimum Gasteiger partial charge on any atom is -0.495 e. The first-order chi connectivity index (χ1) is 18.7. The van der Waals surface area contributed by atoms with Crippen molar-refractivity contribution in [1.82, 2.24) is 9.69 Å². The summed E-state index contributed by atoms with van der Waals surface area (Å²) >= 11 is 0.760. The third-order valence-corrected chi connectivity index (χ3v) is 7.53. The van der Waals surface area contributed by atoms with Gasteiger partial charge in [-0.2, -0.15) is 4.37 Å². The predicted molar refractivity (Wildman–Crippen MR) is 150 cm³/mol. The van der Waals surface area contributed by atoms with Crippen molar-refractivity contribution in [1.29, 1.82) is 0 Å². The lowest BCUT2D eigenvalue weighted by Gasteiger charge is -2.33. The number of rotatable bonds is 10. The highest BCUT2D eigenvalue weighted by molar-refractivity contribution is 7.09. The molecule has 2 aromatic carbocycles. The SMILES string of the molecule is CCOc1ccc([C@H](C(=O)NC2CCCC2)N(C(=O)c2snc(C(N)=O)c2N)c2cc(C)ccc2OC)cc1. The fourth-order valence-electron chi connectivity index (χ4n) is 4.77. The summed E-state index contributed by atoms with van der Waals surface area (Å²) in [5.74, 6) is -0.774. The Bertz CT molecular complexity index is 1350. The van der Waals surface area contributed by atoms with Gasteiger partial charge in [0.05, 0.1) is 25.1 Å². The van der Waals surface area contributed by atoms with Crippen LogP contribution in [0.1, 0.15) is 69.9 Å². The molecule has 1 aliphatic carbocycles. The molecule has 0 radical (unpaired) electrons. The number of hydrogen-bond acceptors (Lipinski definition) is 8. The Morgan fingerprint density at radius 1 is 1.15 bits per heavy atom. The molecule has 10 nitrogen and oxygen atoms in total. The van der Waals surface area contributed by atoms with Gasteiger partial charge in [-0.05, 0) is 73.6 Å². The molecule has 1 aliphatic rings. The Morgan fingerprint density at radius 2 is 1.85 bits per heavy atom. The topological polar surface area (TPSA) is 150 Å². The average Bonchev–Trinajstić information content (AvgIpc) is 3.57. The molecule has 206 valence electrons. The summed E-state index contributed by atoms with van der Waals surface area (Å²) < 4.78 is 15.2. The smallest absolute Gasteiger partial charge is 0.273 e. The van der Waals surface area contributed by atoms with Crippen molar-refractivity contribution in [2.45, 2.75) is 51.6 Å². The molecule has 1 fully saturated rings. The molecule has 0 bridgehead atoms. The van der Waals surface area contributed by atoms with E-state index in [0.717, 1.165) is 42.8 Å². The molecule has 0 saturated heterocycles. The number of nitrogens with zero attached hydrogens (tertiary/aromatic N) is 2. The maximum absolute atomic E-state index is 14.3. The summed E-state index contributed by atoms with van der Waals surface area (Å²) in [6.07, 6.45) is 3.79. The molecule has 0 unspecified atom stereocenters. The number of anilines is 2. The van der Waals surface area contributed by atoms with E-state index in [4.69, 9.17) is 20.9 Å². The average molecular weight is 552 g/mol. The fraction of sp³-hybridized carbons (Fsp3) is 0.357. The number of ether oxygens (including phenoxy) is 2. The van der Waals surface area contributed by atoms with Gasteiger partial charge in [0, 0.05) is 6.04 Å². The van der Waals surface area contributed by atoms with Gasteiger partial charge in [0.25, 0.3) is 11.8 Å². The third kappa shape index (κ3) is 5.98. The summed E-state index contributed by atoms with van der Waals surface area (Å²) in [4.78, 5) is 41.6. The van der Waals surface area contributed by atoms with Gasteiger partial charge in [0.15, 0.2) is 5.69 Å². The highest BCUT2D eigenvalue weighted by Gasteiger charge is 2.38. The number of hydrogen-bond donors (Lipinski definition) is 3. The van der Waals surface area contributed by atoms with Gasteiger partial charge in [0.2, 0.25) is 5.91 Å². The number of aromatic nitrogens is 1. The van der Waals surface area contributed by atoms with Crippen molar-refractivity contribution in [3.8, 4) is 11.5 Å². The van der Waals surface area contributed by atoms with Crippen LogP contribution in [-0.2, 0) is 4.79 Å². The van der Waals surface area contributed by atoms with Gasteiger partial charge in [-0.1, -0.05) is 31.0 Å². The van der Waals surface area contributed by atoms with Crippen molar-refractivity contribution >= 4 is 40.6 Å². The monoisotopic (exact) mass is 551 g/mol. The zero-order valence-corrected chi connectivity index (χ0v) is 23.0. The van der Waals surface area contributed by atoms with Crippen LogP contribution in [0.2, 0.25) is 0 Å². The first-order valence-electron chi connectivity index (χ1n) is 12.8. The zero-order valence-electron chi connectivity index (χ0n) is 22.2. The molecule has 11 heteroatoms. The van der Waals surface area contributed by atoms with Gasteiger partial charge in [-0.25, -0.2) is 0 Å². The molecular weight excluding hydrogens is 518 g/mol. The van der Waals surface area contributed by atoms with E-state index in [1.807, 2.05) is 19.9 Å². The van der Waals surface area contributed by atoms with Gasteiger partial charge in [0.1, 0.15) is 22.4 Å². The second kappa shape index (κ2) is 12.2. The number of nitrogen functional groups attached to an aromatic ring is 1. The van der Waals surface area contributed by atoms with Crippen LogP contribution in [0.5, 0.6) is 11.5 Å². The number of aryl methyl sites for hydroxylation is 1. The Kier molecular flexibility index (Phi) is 8.70. The number of nitrogens with one attached hydrogen (secondary N) is 1. The zero-order chi connectivity index (χ0) is 28.1. The Morgan fingerprint density at radius 3 is 2.44 bits per heavy atom. The molecule has 39 heavy (non-hydrogen) atoms. The summed E-state index contributed by atoms with van der Waals surface area (Å²) in [5.41, 5.74) is 13.0. The molecule has 1 heterocycles. The molecule has 0 spiro atoms. The molecular formula is C28H33N5O5S. The van der Waals surface area contributed by atoms with Gasteiger partial charge in [-0.15, -0.1) is 0 Å². The van der Waals surface area contributed by atoms with Crippen LogP contribution in [0, 0.1) is 6.92 Å². The van der Waals surface area contributed by atoms with E-state index >= 15 is 0 Å². The maximum atomic E-state index is 14.3. The normalized spacial score (nSPS) is 14.0. The first kappa shape index (κ1) is 27.9. The van der Waals surface area contributed by atoms with Crippen molar-refractivity contribution in [3.63, 3.8) is 0 Å². The molecule has 1 atom stereocenters. The Labute approximate surface area is 231 Å². The number of primary amides is 1. The summed E-state index contributed by atoms with van der Waals surface area (Å²) in [5, 5.41) is 3.14. The van der Waals surface area contributed by atoms with Gasteiger partial charge in [-0.3, -0.25) is 19.3 Å². The van der Waals surface area contributed by atoms with Crippen molar-refractivity contribution in [2.24, 2.45) is 5.73 Å². The molecule has 4 rings (SSSR count). The minimum atomic E-state index is -1.09. The van der Waals surface area contributed by atoms with Crippen LogP contribution in [0.25, 0.3) is 0 Å². The van der Waals surface area contributed by atoms with Crippen LogP contribution in [0.15, 0.2) is 42.5 Å². The maximum Gasteiger partial charge on any atom is 0.273 e. The van der Waals surface area contributed by atoms with E-state index in [2.05, 4.69) is 9.69 Å². The largest absolute Gasteiger partial charge is 0.495 e. The standard InChI is InChI=1S/C28H33N5O5S/c1-4-38-19-12-10-17(11-13-19)24(27(35)31-18-7-5-6-8-18)33(20-15-16(2)9-14-21(20)37-3)28(36)25-22(29)23(26(30)34)32-39-25/h9-15,18,24H,4-8,29H2,1-3H3,(H2,30,34)(H,31,35)/t24-/m1/s1. The fourth-order valence-corrected chi connectivity index (χ4v) is 5.52. The lowest BCUT2D eigenvalue weighted by molar-refractivity contribution is -0.123. The lowest BCUT2D eigenvalue weighted by Crippen LogP contribution is -2.46. The predicted octanol–water partition coefficient (Wildman–Crippen LogP) is 3.99. The van der Waals surface area contributed by atoms with E-state index in [-0.39, 0.29) is 28.2 Å². The lowest BCUT2D eigenvalue weighted by atomic mass is 10.0. The molecule has 1 saturated carbocycles. The first-order valence-corrected chi connectivity index (χ1v) is 13.6. The number of carbonyl (C=O) groups excluding carboxylic acids is 3. The number of nitrogens with two attached hydrogens (primary N) is 2. The third-order valence-electron chi connectivity index (χ3n) is 6.68.